The van der Waals surface area contributed by atoms with Crippen molar-refractivity contribution < 1.29 is 19.1 Å². The number of benzene rings is 2. The van der Waals surface area contributed by atoms with Crippen molar-refractivity contribution in [1.29, 1.82) is 0 Å². The standard InChI is InChI=1S/C24H19ClN4O4/c1-28-13-5-8-20(28)23(31)26-21(30)15-33-24(32)19-14-29(18-6-3-2-4-7-18)27-22(19)16-9-11-17(25)12-10-16/h2-14H,15H2,1H3,(H,26,30,31). The first-order valence-corrected chi connectivity index (χ1v) is 10.3. The SMILES string of the molecule is Cn1cccc1C(=O)NC(=O)COC(=O)c1cn(-c2ccccc2)nc1-c1ccc(Cl)cc1. The van der Waals surface area contributed by atoms with E-state index in [1.54, 1.807) is 58.9 Å². The Morgan fingerprint density at radius 3 is 2.39 bits per heavy atom. The first kappa shape index (κ1) is 22.0. The van der Waals surface area contributed by atoms with Crippen molar-refractivity contribution in [2.75, 3.05) is 6.61 Å². The van der Waals surface area contributed by atoms with Gasteiger partial charge < -0.3 is 9.30 Å². The second kappa shape index (κ2) is 9.54. The van der Waals surface area contributed by atoms with Crippen LogP contribution in [0.3, 0.4) is 0 Å². The Morgan fingerprint density at radius 2 is 1.73 bits per heavy atom. The van der Waals surface area contributed by atoms with Crippen molar-refractivity contribution in [2.45, 2.75) is 0 Å². The van der Waals surface area contributed by atoms with E-state index in [0.29, 0.717) is 22.0 Å². The van der Waals surface area contributed by atoms with Gasteiger partial charge in [-0.3, -0.25) is 14.9 Å². The molecule has 166 valence electrons. The smallest absolute Gasteiger partial charge is 0.342 e. The normalized spacial score (nSPS) is 10.6. The third-order valence-corrected chi connectivity index (χ3v) is 5.09. The van der Waals surface area contributed by atoms with E-state index in [1.165, 1.54) is 6.20 Å². The van der Waals surface area contributed by atoms with Crippen molar-refractivity contribution >= 4 is 29.4 Å². The van der Waals surface area contributed by atoms with Crippen molar-refractivity contribution in [3.8, 4) is 16.9 Å². The molecule has 2 aromatic carbocycles. The summed E-state index contributed by atoms with van der Waals surface area (Å²) in [6.45, 7) is -0.619. The minimum Gasteiger partial charge on any atom is -0.452 e. The molecule has 0 fully saturated rings. The lowest BCUT2D eigenvalue weighted by Gasteiger charge is -2.07. The van der Waals surface area contributed by atoms with Gasteiger partial charge in [0.25, 0.3) is 11.8 Å². The maximum absolute atomic E-state index is 12.9. The maximum Gasteiger partial charge on any atom is 0.342 e. The number of amides is 2. The zero-order valence-electron chi connectivity index (χ0n) is 17.6. The number of nitrogens with zero attached hydrogens (tertiary/aromatic N) is 3. The van der Waals surface area contributed by atoms with Gasteiger partial charge in [-0.05, 0) is 36.4 Å². The molecule has 8 nitrogen and oxygen atoms in total. The largest absolute Gasteiger partial charge is 0.452 e. The molecule has 2 heterocycles. The molecule has 0 aliphatic rings. The second-order valence-electron chi connectivity index (χ2n) is 7.14. The number of esters is 1. The van der Waals surface area contributed by atoms with Gasteiger partial charge in [0, 0.05) is 30.0 Å². The predicted octanol–water partition coefficient (Wildman–Crippen LogP) is 3.64. The van der Waals surface area contributed by atoms with E-state index in [9.17, 15) is 14.4 Å². The number of aryl methyl sites for hydroxylation is 1. The van der Waals surface area contributed by atoms with Crippen molar-refractivity contribution in [3.05, 3.63) is 95.4 Å². The number of rotatable bonds is 6. The molecule has 2 aromatic heterocycles. The lowest BCUT2D eigenvalue weighted by atomic mass is 10.1. The summed E-state index contributed by atoms with van der Waals surface area (Å²) in [4.78, 5) is 37.2. The average Bonchev–Trinajstić information content (AvgIpc) is 3.45. The first-order chi connectivity index (χ1) is 15.9. The van der Waals surface area contributed by atoms with Crippen LogP contribution in [-0.2, 0) is 16.6 Å². The third-order valence-electron chi connectivity index (χ3n) is 4.84. The van der Waals surface area contributed by atoms with E-state index < -0.39 is 24.4 Å². The molecule has 0 radical (unpaired) electrons. The molecule has 4 rings (SSSR count). The summed E-state index contributed by atoms with van der Waals surface area (Å²) in [6, 6.07) is 19.4. The van der Waals surface area contributed by atoms with Crippen LogP contribution in [0.2, 0.25) is 5.02 Å². The van der Waals surface area contributed by atoms with Crippen LogP contribution in [-0.4, -0.2) is 38.7 Å². The topological polar surface area (TPSA) is 95.2 Å². The number of nitrogens with one attached hydrogen (secondary N) is 1. The number of hydrogen-bond acceptors (Lipinski definition) is 5. The van der Waals surface area contributed by atoms with Gasteiger partial charge in [-0.2, -0.15) is 5.10 Å². The van der Waals surface area contributed by atoms with E-state index >= 15 is 0 Å². The van der Waals surface area contributed by atoms with Crippen LogP contribution in [0.5, 0.6) is 0 Å². The highest BCUT2D eigenvalue weighted by atomic mass is 35.5. The molecular weight excluding hydrogens is 444 g/mol. The van der Waals surface area contributed by atoms with Gasteiger partial charge in [0.2, 0.25) is 0 Å². The van der Waals surface area contributed by atoms with Crippen LogP contribution in [0.4, 0.5) is 0 Å². The molecule has 1 N–H and O–H groups in total. The molecule has 0 unspecified atom stereocenters. The zero-order chi connectivity index (χ0) is 23.4. The minimum absolute atomic E-state index is 0.169. The maximum atomic E-state index is 12.9. The Labute approximate surface area is 194 Å². The van der Waals surface area contributed by atoms with Gasteiger partial charge in [-0.1, -0.05) is 41.9 Å². The molecular formula is C24H19ClN4O4. The molecule has 0 aliphatic carbocycles. The molecule has 0 spiro atoms. The summed E-state index contributed by atoms with van der Waals surface area (Å²) < 4.78 is 8.31. The van der Waals surface area contributed by atoms with Gasteiger partial charge in [-0.25, -0.2) is 9.48 Å². The summed E-state index contributed by atoms with van der Waals surface area (Å²) in [5.74, 6) is -2.07. The van der Waals surface area contributed by atoms with Gasteiger partial charge in [0.1, 0.15) is 17.0 Å². The van der Waals surface area contributed by atoms with Crippen molar-refractivity contribution in [3.63, 3.8) is 0 Å². The second-order valence-corrected chi connectivity index (χ2v) is 7.57. The Morgan fingerprint density at radius 1 is 1.00 bits per heavy atom. The zero-order valence-corrected chi connectivity index (χ0v) is 18.3. The Bertz CT molecular complexity index is 1310. The minimum atomic E-state index is -0.747. The van der Waals surface area contributed by atoms with Crippen LogP contribution in [0.15, 0.2) is 79.1 Å². The molecule has 4 aromatic rings. The van der Waals surface area contributed by atoms with E-state index in [-0.39, 0.29) is 5.56 Å². The molecule has 9 heteroatoms. The predicted molar refractivity (Wildman–Crippen MR) is 122 cm³/mol. The number of carbonyl (C=O) groups is 3. The number of imide groups is 1. The molecule has 0 saturated carbocycles. The number of carbonyl (C=O) groups excluding carboxylic acids is 3. The summed E-state index contributed by atoms with van der Waals surface area (Å²) in [6.07, 6.45) is 3.22. The number of hydrogen-bond donors (Lipinski definition) is 1. The average molecular weight is 463 g/mol. The van der Waals surface area contributed by atoms with Crippen molar-refractivity contribution in [2.24, 2.45) is 7.05 Å². The first-order valence-electron chi connectivity index (χ1n) is 9.96. The van der Waals surface area contributed by atoms with Crippen LogP contribution in [0, 0.1) is 0 Å². The third kappa shape index (κ3) is 5.02. The van der Waals surface area contributed by atoms with Crippen LogP contribution < -0.4 is 5.32 Å². The molecule has 0 saturated heterocycles. The molecule has 0 bridgehead atoms. The number of para-hydroxylation sites is 1. The highest BCUT2D eigenvalue weighted by molar-refractivity contribution is 6.30. The van der Waals surface area contributed by atoms with E-state index in [1.807, 2.05) is 30.3 Å². The molecule has 0 aliphatic heterocycles. The molecule has 0 atom stereocenters. The Balaban J connectivity index is 1.53. The van der Waals surface area contributed by atoms with Crippen LogP contribution >= 0.6 is 11.6 Å². The Kier molecular flexibility index (Phi) is 6.37. The highest BCUT2D eigenvalue weighted by Gasteiger charge is 2.22. The van der Waals surface area contributed by atoms with Gasteiger partial charge >= 0.3 is 5.97 Å². The van der Waals surface area contributed by atoms with Gasteiger partial charge in [0.05, 0.1) is 5.69 Å². The van der Waals surface area contributed by atoms with Crippen LogP contribution in [0.25, 0.3) is 16.9 Å². The fraction of sp³-hybridized carbons (Fsp3) is 0.0833. The Hall–Kier alpha value is -4.17. The number of halogens is 1. The highest BCUT2D eigenvalue weighted by Crippen LogP contribution is 2.26. The fourth-order valence-corrected chi connectivity index (χ4v) is 3.32. The summed E-state index contributed by atoms with van der Waals surface area (Å²) >= 11 is 5.98. The van der Waals surface area contributed by atoms with E-state index in [2.05, 4.69) is 10.4 Å². The lowest BCUT2D eigenvalue weighted by Crippen LogP contribution is -2.35. The lowest BCUT2D eigenvalue weighted by molar-refractivity contribution is -0.123. The van der Waals surface area contributed by atoms with E-state index in [0.717, 1.165) is 5.69 Å². The summed E-state index contributed by atoms with van der Waals surface area (Å²) in [7, 11) is 1.68. The monoisotopic (exact) mass is 462 g/mol. The number of aromatic nitrogens is 3. The fourth-order valence-electron chi connectivity index (χ4n) is 3.19. The van der Waals surface area contributed by atoms with Crippen molar-refractivity contribution in [1.82, 2.24) is 19.7 Å². The van der Waals surface area contributed by atoms with Gasteiger partial charge in [-0.15, -0.1) is 0 Å². The molecule has 33 heavy (non-hydrogen) atoms. The molecule has 2 amide bonds. The number of ether oxygens (including phenoxy) is 1. The summed E-state index contributed by atoms with van der Waals surface area (Å²) in [5, 5.41) is 7.28. The summed E-state index contributed by atoms with van der Waals surface area (Å²) in [5.41, 5.74) is 2.26. The van der Waals surface area contributed by atoms with Crippen LogP contribution in [0.1, 0.15) is 20.8 Å². The van der Waals surface area contributed by atoms with Gasteiger partial charge in [0.15, 0.2) is 6.61 Å². The van der Waals surface area contributed by atoms with E-state index in [4.69, 9.17) is 16.3 Å². The quantitative estimate of drug-likeness (QED) is 0.441.